The first-order valence-corrected chi connectivity index (χ1v) is 8.12. The van der Waals surface area contributed by atoms with Crippen molar-refractivity contribution in [1.29, 1.82) is 0 Å². The van der Waals surface area contributed by atoms with E-state index >= 15 is 0 Å². The molecule has 1 saturated carbocycles. The van der Waals surface area contributed by atoms with Gasteiger partial charge in [0, 0.05) is 0 Å². The Kier molecular flexibility index (Phi) is 3.86. The molecule has 1 aliphatic carbocycles. The number of fused-ring (bicyclic) bond motifs is 1. The lowest BCUT2D eigenvalue weighted by molar-refractivity contribution is -0.137. The zero-order chi connectivity index (χ0) is 15.1. The number of hydrogen-bond donors (Lipinski definition) is 1. The first-order valence-electron chi connectivity index (χ1n) is 7.32. The molecule has 21 heavy (non-hydrogen) atoms. The molecule has 1 aliphatic heterocycles. The summed E-state index contributed by atoms with van der Waals surface area (Å²) in [7, 11) is 0. The van der Waals surface area contributed by atoms with Gasteiger partial charge in [-0.2, -0.15) is 0 Å². The van der Waals surface area contributed by atoms with E-state index in [-0.39, 0.29) is 19.1 Å². The van der Waals surface area contributed by atoms with E-state index < -0.39 is 5.97 Å². The summed E-state index contributed by atoms with van der Waals surface area (Å²) in [4.78, 5) is 11.2. The highest BCUT2D eigenvalue weighted by molar-refractivity contribution is 9.10. The third-order valence-electron chi connectivity index (χ3n) is 4.24. The van der Waals surface area contributed by atoms with Crippen molar-refractivity contribution in [2.45, 2.75) is 44.9 Å². The standard InChI is InChI=1S/C16H19BrO4/c1-8(2)14-11(10(6-13(18)19)9-3-4-9)5-12-16(15(14)17)21-7-20-12/h5,8-10H,3-4,6-7H2,1-2H3,(H,18,19). The van der Waals surface area contributed by atoms with Crippen LogP contribution in [-0.2, 0) is 4.79 Å². The van der Waals surface area contributed by atoms with Crippen molar-refractivity contribution in [3.63, 3.8) is 0 Å². The fourth-order valence-electron chi connectivity index (χ4n) is 3.15. The largest absolute Gasteiger partial charge is 0.481 e. The second kappa shape index (κ2) is 5.52. The van der Waals surface area contributed by atoms with Crippen LogP contribution in [0.2, 0.25) is 0 Å². The molecular formula is C16H19BrO4. The van der Waals surface area contributed by atoms with Crippen molar-refractivity contribution < 1.29 is 19.4 Å². The predicted octanol–water partition coefficient (Wildman–Crippen LogP) is 4.27. The first-order chi connectivity index (χ1) is 9.99. The molecular weight excluding hydrogens is 336 g/mol. The van der Waals surface area contributed by atoms with E-state index in [1.807, 2.05) is 6.07 Å². The molecule has 5 heteroatoms. The summed E-state index contributed by atoms with van der Waals surface area (Å²) in [6.07, 6.45) is 2.40. The molecule has 1 aromatic carbocycles. The Balaban J connectivity index is 2.11. The second-order valence-electron chi connectivity index (χ2n) is 6.12. The highest BCUT2D eigenvalue weighted by Gasteiger charge is 2.37. The van der Waals surface area contributed by atoms with Crippen LogP contribution in [0.5, 0.6) is 11.5 Å². The van der Waals surface area contributed by atoms with E-state index in [0.29, 0.717) is 11.8 Å². The molecule has 1 fully saturated rings. The molecule has 0 spiro atoms. The van der Waals surface area contributed by atoms with E-state index in [0.717, 1.165) is 39.9 Å². The molecule has 1 aromatic rings. The smallest absolute Gasteiger partial charge is 0.303 e. The minimum Gasteiger partial charge on any atom is -0.481 e. The van der Waals surface area contributed by atoms with Crippen LogP contribution in [0.4, 0.5) is 0 Å². The molecule has 0 aromatic heterocycles. The van der Waals surface area contributed by atoms with E-state index in [9.17, 15) is 9.90 Å². The highest BCUT2D eigenvalue weighted by Crippen LogP contribution is 2.52. The van der Waals surface area contributed by atoms with Gasteiger partial charge in [0.05, 0.1) is 10.9 Å². The molecule has 4 nitrogen and oxygen atoms in total. The molecule has 0 amide bonds. The number of carboxylic acids is 1. The van der Waals surface area contributed by atoms with E-state index in [1.54, 1.807) is 0 Å². The van der Waals surface area contributed by atoms with Gasteiger partial charge in [-0.25, -0.2) is 0 Å². The summed E-state index contributed by atoms with van der Waals surface area (Å²) in [6.45, 7) is 4.47. The summed E-state index contributed by atoms with van der Waals surface area (Å²) in [5.74, 6) is 1.55. The Morgan fingerprint density at radius 3 is 2.71 bits per heavy atom. The molecule has 1 atom stereocenters. The molecule has 1 heterocycles. The van der Waals surface area contributed by atoms with Gasteiger partial charge < -0.3 is 14.6 Å². The van der Waals surface area contributed by atoms with Gasteiger partial charge in [-0.1, -0.05) is 13.8 Å². The molecule has 114 valence electrons. The summed E-state index contributed by atoms with van der Waals surface area (Å²) >= 11 is 3.64. The van der Waals surface area contributed by atoms with Crippen molar-refractivity contribution in [1.82, 2.24) is 0 Å². The number of ether oxygens (including phenoxy) is 2. The van der Waals surface area contributed by atoms with Crippen molar-refractivity contribution in [2.75, 3.05) is 6.79 Å². The minimum atomic E-state index is -0.740. The van der Waals surface area contributed by atoms with Gasteiger partial charge >= 0.3 is 5.97 Å². The number of carboxylic acid groups (broad SMARTS) is 1. The van der Waals surface area contributed by atoms with Crippen LogP contribution in [0.1, 0.15) is 56.1 Å². The van der Waals surface area contributed by atoms with Gasteiger partial charge in [-0.05, 0) is 63.7 Å². The molecule has 0 bridgehead atoms. The van der Waals surface area contributed by atoms with Crippen LogP contribution in [0.25, 0.3) is 0 Å². The number of aliphatic carboxylic acids is 1. The van der Waals surface area contributed by atoms with Crippen LogP contribution in [-0.4, -0.2) is 17.9 Å². The minimum absolute atomic E-state index is 0.0608. The van der Waals surface area contributed by atoms with Crippen molar-refractivity contribution in [2.24, 2.45) is 5.92 Å². The molecule has 1 unspecified atom stereocenters. The van der Waals surface area contributed by atoms with Crippen molar-refractivity contribution in [3.8, 4) is 11.5 Å². The number of benzene rings is 1. The topological polar surface area (TPSA) is 55.8 Å². The van der Waals surface area contributed by atoms with Crippen LogP contribution < -0.4 is 9.47 Å². The Morgan fingerprint density at radius 2 is 2.14 bits per heavy atom. The van der Waals surface area contributed by atoms with E-state index in [2.05, 4.69) is 29.8 Å². The molecule has 2 aliphatic rings. The monoisotopic (exact) mass is 354 g/mol. The summed E-state index contributed by atoms with van der Waals surface area (Å²) in [5.41, 5.74) is 2.25. The Hall–Kier alpha value is -1.23. The summed E-state index contributed by atoms with van der Waals surface area (Å²) in [6, 6.07) is 1.99. The fraction of sp³-hybridized carbons (Fsp3) is 0.562. The maximum atomic E-state index is 11.2. The molecule has 1 N–H and O–H groups in total. The zero-order valence-electron chi connectivity index (χ0n) is 12.2. The van der Waals surface area contributed by atoms with Crippen molar-refractivity contribution >= 4 is 21.9 Å². The lowest BCUT2D eigenvalue weighted by atomic mass is 9.84. The maximum absolute atomic E-state index is 11.2. The maximum Gasteiger partial charge on any atom is 0.303 e. The summed E-state index contributed by atoms with van der Waals surface area (Å²) in [5, 5.41) is 9.25. The number of halogens is 1. The lowest BCUT2D eigenvalue weighted by Gasteiger charge is -2.23. The van der Waals surface area contributed by atoms with Gasteiger partial charge in [0.1, 0.15) is 0 Å². The van der Waals surface area contributed by atoms with E-state index in [4.69, 9.17) is 9.47 Å². The predicted molar refractivity (Wildman–Crippen MR) is 82.1 cm³/mol. The SMILES string of the molecule is CC(C)c1c(C(CC(=O)O)C2CC2)cc2c(c1Br)OCO2. The average molecular weight is 355 g/mol. The van der Waals surface area contributed by atoms with Gasteiger partial charge in [0.2, 0.25) is 6.79 Å². The molecule has 0 saturated heterocycles. The number of carbonyl (C=O) groups is 1. The number of hydrogen-bond acceptors (Lipinski definition) is 3. The second-order valence-corrected chi connectivity index (χ2v) is 6.92. The Morgan fingerprint density at radius 1 is 1.43 bits per heavy atom. The average Bonchev–Trinajstić information content (AvgIpc) is 3.12. The van der Waals surface area contributed by atoms with Crippen LogP contribution in [0.15, 0.2) is 10.5 Å². The van der Waals surface area contributed by atoms with Crippen molar-refractivity contribution in [3.05, 3.63) is 21.7 Å². The van der Waals surface area contributed by atoms with Crippen LogP contribution >= 0.6 is 15.9 Å². The highest BCUT2D eigenvalue weighted by atomic mass is 79.9. The number of rotatable bonds is 5. The third kappa shape index (κ3) is 2.76. The van der Waals surface area contributed by atoms with E-state index in [1.165, 1.54) is 0 Å². The van der Waals surface area contributed by atoms with Gasteiger partial charge in [0.15, 0.2) is 11.5 Å². The molecule has 0 radical (unpaired) electrons. The van der Waals surface area contributed by atoms with Crippen LogP contribution in [0, 0.1) is 5.92 Å². The first kappa shape index (κ1) is 14.7. The van der Waals surface area contributed by atoms with Crippen LogP contribution in [0.3, 0.4) is 0 Å². The molecule has 3 rings (SSSR count). The van der Waals surface area contributed by atoms with Gasteiger partial charge in [0.25, 0.3) is 0 Å². The normalized spacial score (nSPS) is 18.1. The quantitative estimate of drug-likeness (QED) is 0.857. The fourth-order valence-corrected chi connectivity index (χ4v) is 4.14. The Labute approximate surface area is 132 Å². The Bertz CT molecular complexity index is 578. The van der Waals surface area contributed by atoms with Gasteiger partial charge in [-0.3, -0.25) is 4.79 Å². The third-order valence-corrected chi connectivity index (χ3v) is 5.02. The summed E-state index contributed by atoms with van der Waals surface area (Å²) < 4.78 is 12.0. The lowest BCUT2D eigenvalue weighted by Crippen LogP contribution is -2.12. The van der Waals surface area contributed by atoms with Gasteiger partial charge in [-0.15, -0.1) is 0 Å². The zero-order valence-corrected chi connectivity index (χ0v) is 13.8.